The molecule has 0 saturated carbocycles. The van der Waals surface area contributed by atoms with E-state index in [-0.39, 0.29) is 41.1 Å². The van der Waals surface area contributed by atoms with Crippen LogP contribution >= 0.6 is 0 Å². The molecule has 4 heterocycles. The average molecular weight is 791 g/mol. The summed E-state index contributed by atoms with van der Waals surface area (Å²) >= 11 is 0. The lowest BCUT2D eigenvalue weighted by atomic mass is 9.99. The van der Waals surface area contributed by atoms with E-state index in [9.17, 15) is 45.6 Å². The van der Waals surface area contributed by atoms with E-state index in [1.807, 2.05) is 19.9 Å². The van der Waals surface area contributed by atoms with Gasteiger partial charge in [-0.1, -0.05) is 11.6 Å². The molecule has 14 atom stereocenters. The van der Waals surface area contributed by atoms with Crippen molar-refractivity contribution in [3.8, 4) is 28.6 Å². The molecule has 3 aromatic rings. The molecule has 56 heavy (non-hydrogen) atoms. The van der Waals surface area contributed by atoms with E-state index in [1.165, 1.54) is 26.2 Å². The number of hydrogen-bond acceptors (Lipinski definition) is 17. The minimum atomic E-state index is -1.71. The predicted octanol–water partition coefficient (Wildman–Crippen LogP) is 0.243. The van der Waals surface area contributed by atoms with Gasteiger partial charge in [-0.25, -0.2) is 0 Å². The maximum Gasteiger partial charge on any atom is 0.235 e. The number of benzene rings is 2. The molecule has 0 unspecified atom stereocenters. The average Bonchev–Trinajstić information content (AvgIpc) is 3.18. The Morgan fingerprint density at radius 1 is 0.786 bits per heavy atom. The molecule has 0 spiro atoms. The Bertz CT molecular complexity index is 1890. The summed E-state index contributed by atoms with van der Waals surface area (Å²) < 4.78 is 47.7. The zero-order chi connectivity index (χ0) is 40.6. The quantitative estimate of drug-likeness (QED) is 0.121. The number of allylic oxidation sites excluding steroid dienone is 2. The van der Waals surface area contributed by atoms with Crippen molar-refractivity contribution in [2.75, 3.05) is 13.7 Å². The Labute approximate surface area is 321 Å². The molecule has 0 amide bonds. The Balaban J connectivity index is 1.46. The van der Waals surface area contributed by atoms with Gasteiger partial charge >= 0.3 is 0 Å². The molecule has 17 heteroatoms. The molecule has 0 bridgehead atoms. The smallest absolute Gasteiger partial charge is 0.235 e. The van der Waals surface area contributed by atoms with Crippen LogP contribution in [0.25, 0.3) is 22.3 Å². The van der Waals surface area contributed by atoms with E-state index in [0.29, 0.717) is 16.9 Å². The number of hydrogen-bond donors (Lipinski definition) is 8. The van der Waals surface area contributed by atoms with Crippen LogP contribution in [-0.2, 0) is 25.4 Å². The van der Waals surface area contributed by atoms with Gasteiger partial charge in [-0.3, -0.25) is 4.79 Å². The lowest BCUT2D eigenvalue weighted by Gasteiger charge is -2.43. The molecule has 3 fully saturated rings. The van der Waals surface area contributed by atoms with Crippen molar-refractivity contribution in [3.05, 3.63) is 63.8 Å². The third-order valence-corrected chi connectivity index (χ3v) is 10.3. The number of rotatable bonds is 11. The first kappa shape index (κ1) is 41.9. The van der Waals surface area contributed by atoms with Crippen LogP contribution in [0.5, 0.6) is 17.2 Å². The van der Waals surface area contributed by atoms with Crippen molar-refractivity contribution in [1.82, 2.24) is 0 Å². The normalized spacial score (nSPS) is 34.9. The fourth-order valence-corrected chi connectivity index (χ4v) is 6.79. The van der Waals surface area contributed by atoms with Gasteiger partial charge in [0, 0.05) is 17.5 Å². The minimum Gasteiger partial charge on any atom is -0.497 e. The monoisotopic (exact) mass is 790 g/mol. The van der Waals surface area contributed by atoms with Crippen LogP contribution in [0.15, 0.2) is 57.3 Å². The van der Waals surface area contributed by atoms with Crippen molar-refractivity contribution < 1.29 is 78.4 Å². The topological polar surface area (TPSA) is 257 Å². The van der Waals surface area contributed by atoms with E-state index >= 15 is 0 Å². The van der Waals surface area contributed by atoms with E-state index in [4.69, 9.17) is 37.6 Å². The summed E-state index contributed by atoms with van der Waals surface area (Å²) in [6.07, 6.45) is -17.3. The molecular formula is C39H50O17. The summed E-state index contributed by atoms with van der Waals surface area (Å²) in [4.78, 5) is 14.7. The Hall–Kier alpha value is -3.69. The van der Waals surface area contributed by atoms with Crippen molar-refractivity contribution in [2.24, 2.45) is 0 Å². The van der Waals surface area contributed by atoms with Crippen molar-refractivity contribution in [3.63, 3.8) is 0 Å². The molecule has 17 nitrogen and oxygen atoms in total. The number of ether oxygens (including phenoxy) is 7. The molecule has 2 aromatic carbocycles. The second kappa shape index (κ2) is 17.4. The first-order chi connectivity index (χ1) is 26.6. The van der Waals surface area contributed by atoms with E-state index < -0.39 is 98.0 Å². The summed E-state index contributed by atoms with van der Waals surface area (Å²) in [6.45, 7) is 6.17. The van der Waals surface area contributed by atoms with Gasteiger partial charge in [-0.15, -0.1) is 0 Å². The molecule has 3 saturated heterocycles. The third kappa shape index (κ3) is 8.45. The van der Waals surface area contributed by atoms with Gasteiger partial charge < -0.3 is 78.4 Å². The summed E-state index contributed by atoms with van der Waals surface area (Å²) in [5, 5.41) is 83.3. The third-order valence-electron chi connectivity index (χ3n) is 10.3. The molecule has 3 aliphatic rings. The first-order valence-corrected chi connectivity index (χ1v) is 18.4. The highest BCUT2D eigenvalue weighted by Crippen LogP contribution is 2.39. The Morgan fingerprint density at radius 3 is 2.11 bits per heavy atom. The number of aliphatic hydroxyl groups excluding tert-OH is 8. The lowest BCUT2D eigenvalue weighted by Crippen LogP contribution is -2.60. The summed E-state index contributed by atoms with van der Waals surface area (Å²) in [7, 11) is 1.50. The van der Waals surface area contributed by atoms with Crippen molar-refractivity contribution >= 4 is 11.0 Å². The van der Waals surface area contributed by atoms with Crippen LogP contribution in [0, 0.1) is 0 Å². The van der Waals surface area contributed by atoms with Crippen LogP contribution in [-0.4, -0.2) is 141 Å². The van der Waals surface area contributed by atoms with Crippen molar-refractivity contribution in [1.29, 1.82) is 0 Å². The standard InChI is InChI=1S/C39H50O17/c1-16(2)6-11-21-24(52-39-33(48)31(46)29(44)26(15-40)54-39)13-12-22-28(43)36(34(55-35(21)22)19-7-9-20(49-5)10-8-19)56-37-25(14-23(41)17(3)50-37)53-38-32(47)30(45)27(42)18(4)51-38/h6-10,12-13,17-18,23,25-27,29-33,37-42,44-48H,11,14-15H2,1-5H3/t17-,18-,23+,25+,26+,27+,29+,30+,31-,32+,33+,37-,38-,39+/m0/s1. The molecule has 0 aliphatic carbocycles. The predicted molar refractivity (Wildman–Crippen MR) is 195 cm³/mol. The fraction of sp³-hybridized carbons (Fsp3) is 0.564. The molecular weight excluding hydrogens is 740 g/mol. The van der Waals surface area contributed by atoms with Gasteiger partial charge in [0.2, 0.25) is 23.8 Å². The number of fused-ring (bicyclic) bond motifs is 1. The second-order valence-electron chi connectivity index (χ2n) is 14.5. The van der Waals surface area contributed by atoms with Gasteiger partial charge in [-0.2, -0.15) is 0 Å². The summed E-state index contributed by atoms with van der Waals surface area (Å²) in [5.41, 5.74) is 1.08. The number of aliphatic hydroxyl groups is 8. The SMILES string of the molecule is COc1ccc(-c2oc3c(CC=C(C)C)c(O[C@@H]4O[C@H](CO)[C@@H](O)[C@H](O)[C@H]4O)ccc3c(=O)c2O[C@@H]2O[C@@H](C)[C@H](O)C[C@H]2O[C@@H]2O[C@@H](C)[C@@H](O)[C@@H](O)[C@H]2O)cc1. The minimum absolute atomic E-state index is 0.0455. The highest BCUT2D eigenvalue weighted by Gasteiger charge is 2.47. The van der Waals surface area contributed by atoms with Crippen LogP contribution in [0.1, 0.15) is 39.7 Å². The molecule has 8 N–H and O–H groups in total. The highest BCUT2D eigenvalue weighted by atomic mass is 16.8. The zero-order valence-corrected chi connectivity index (χ0v) is 31.5. The van der Waals surface area contributed by atoms with Crippen molar-refractivity contribution in [2.45, 2.75) is 127 Å². The lowest BCUT2D eigenvalue weighted by molar-refractivity contribution is -0.335. The van der Waals surface area contributed by atoms with Gasteiger partial charge in [0.15, 0.2) is 12.1 Å². The van der Waals surface area contributed by atoms with Gasteiger partial charge in [0.1, 0.15) is 65.9 Å². The Morgan fingerprint density at radius 2 is 1.45 bits per heavy atom. The molecule has 6 rings (SSSR count). The van der Waals surface area contributed by atoms with Crippen LogP contribution in [0.4, 0.5) is 0 Å². The fourth-order valence-electron chi connectivity index (χ4n) is 6.79. The van der Waals surface area contributed by atoms with E-state index in [2.05, 4.69) is 0 Å². The molecule has 3 aliphatic heterocycles. The highest BCUT2D eigenvalue weighted by molar-refractivity contribution is 5.86. The van der Waals surface area contributed by atoms with Crippen LogP contribution in [0.3, 0.4) is 0 Å². The second-order valence-corrected chi connectivity index (χ2v) is 14.5. The van der Waals surface area contributed by atoms with Crippen LogP contribution < -0.4 is 19.6 Å². The van der Waals surface area contributed by atoms with E-state index in [1.54, 1.807) is 31.2 Å². The molecule has 308 valence electrons. The molecule has 1 aromatic heterocycles. The first-order valence-electron chi connectivity index (χ1n) is 18.4. The maximum absolute atomic E-state index is 14.7. The van der Waals surface area contributed by atoms with Crippen LogP contribution in [0.2, 0.25) is 0 Å². The van der Waals surface area contributed by atoms with Gasteiger partial charge in [0.25, 0.3) is 0 Å². The summed E-state index contributed by atoms with van der Waals surface area (Å²) in [5.74, 6) is 0.278. The van der Waals surface area contributed by atoms with E-state index in [0.717, 1.165) is 5.57 Å². The zero-order valence-electron chi connectivity index (χ0n) is 31.5. The Kier molecular flexibility index (Phi) is 13.1. The maximum atomic E-state index is 14.7. The summed E-state index contributed by atoms with van der Waals surface area (Å²) in [6, 6.07) is 9.45. The molecule has 0 radical (unpaired) electrons. The largest absolute Gasteiger partial charge is 0.497 e. The van der Waals surface area contributed by atoms with Gasteiger partial charge in [-0.05, 0) is 70.5 Å². The van der Waals surface area contributed by atoms with Gasteiger partial charge in [0.05, 0.1) is 37.4 Å². The number of methoxy groups -OCH3 is 1.